The highest BCUT2D eigenvalue weighted by Crippen LogP contribution is 2.43. The van der Waals surface area contributed by atoms with Gasteiger partial charge >= 0.3 is 0 Å². The normalized spacial score (nSPS) is 11.5. The Morgan fingerprint density at radius 3 is 0.955 bits per heavy atom. The summed E-state index contributed by atoms with van der Waals surface area (Å²) in [4.78, 5) is 0. The van der Waals surface area contributed by atoms with Gasteiger partial charge in [-0.1, -0.05) is 146 Å². The summed E-state index contributed by atoms with van der Waals surface area (Å²) in [6.45, 7) is 0. The smallest absolute Gasteiger partial charge is 0.133 e. The molecular weight excluding hydrogens is 813 g/mol. The van der Waals surface area contributed by atoms with E-state index in [4.69, 9.17) is 0 Å². The molecule has 2 aromatic heterocycles. The summed E-state index contributed by atoms with van der Waals surface area (Å²) < 4.78 is 35.1. The van der Waals surface area contributed by atoms with Gasteiger partial charge in [0.15, 0.2) is 0 Å². The van der Waals surface area contributed by atoms with Gasteiger partial charge in [-0.3, -0.25) is 0 Å². The zero-order valence-corrected chi connectivity index (χ0v) is 35.5. The van der Waals surface area contributed by atoms with Crippen LogP contribution in [0.4, 0.5) is 8.78 Å². The maximum absolute atomic E-state index is 16.2. The third-order valence-electron chi connectivity index (χ3n) is 12.9. The molecule has 0 aliphatic carbocycles. The van der Waals surface area contributed by atoms with Gasteiger partial charge in [-0.2, -0.15) is 5.26 Å². The zero-order chi connectivity index (χ0) is 44.3. The highest BCUT2D eigenvalue weighted by Gasteiger charge is 2.24. The van der Waals surface area contributed by atoms with Crippen LogP contribution >= 0.6 is 0 Å². The van der Waals surface area contributed by atoms with Crippen molar-refractivity contribution in [2.75, 3.05) is 0 Å². The quantitative estimate of drug-likeness (QED) is 0.157. The van der Waals surface area contributed by atoms with Crippen molar-refractivity contribution < 1.29 is 8.78 Å². The van der Waals surface area contributed by atoms with E-state index in [0.717, 1.165) is 94.2 Å². The molecule has 0 saturated carbocycles. The highest BCUT2D eigenvalue weighted by molar-refractivity contribution is 6.14. The van der Waals surface area contributed by atoms with Crippen LogP contribution in [0.1, 0.15) is 5.56 Å². The van der Waals surface area contributed by atoms with Crippen molar-refractivity contribution in [1.82, 2.24) is 9.13 Å². The van der Waals surface area contributed by atoms with Crippen LogP contribution in [0.3, 0.4) is 0 Å². The molecule has 0 saturated heterocycles. The van der Waals surface area contributed by atoms with E-state index in [9.17, 15) is 9.65 Å². The Balaban J connectivity index is 1.19. The lowest BCUT2D eigenvalue weighted by Gasteiger charge is -2.19. The average Bonchev–Trinajstić information content (AvgIpc) is 3.88. The molecule has 3 nitrogen and oxygen atoms in total. The SMILES string of the molecule is N#Cc1c(-n2c3ccc(-c4ccccc4)cc3c3cc(-c4ccccc4)ccc32)cc(-c2ccc(F)cc2F)cc1-n1c2ccc(-c3ccccc3)cc2c2cc(-c3ccccc3)ccc21. The van der Waals surface area contributed by atoms with Gasteiger partial charge in [0, 0.05) is 33.2 Å². The van der Waals surface area contributed by atoms with Crippen LogP contribution < -0.4 is 0 Å². The molecule has 12 aromatic rings. The Morgan fingerprint density at radius 2 is 0.652 bits per heavy atom. The van der Waals surface area contributed by atoms with Crippen molar-refractivity contribution >= 4 is 43.6 Å². The van der Waals surface area contributed by atoms with Crippen LogP contribution in [0.25, 0.3) is 111 Å². The maximum Gasteiger partial charge on any atom is 0.133 e. The molecule has 0 amide bonds. The minimum absolute atomic E-state index is 0.223. The van der Waals surface area contributed by atoms with Gasteiger partial charge in [-0.05, 0) is 123 Å². The van der Waals surface area contributed by atoms with E-state index < -0.39 is 11.6 Å². The Kier molecular flexibility index (Phi) is 9.25. The van der Waals surface area contributed by atoms with Gasteiger partial charge in [-0.25, -0.2) is 8.78 Å². The molecule has 66 heavy (non-hydrogen) atoms. The molecule has 0 radical (unpaired) electrons. The number of benzene rings is 10. The van der Waals surface area contributed by atoms with Crippen molar-refractivity contribution in [3.05, 3.63) is 242 Å². The van der Waals surface area contributed by atoms with Crippen LogP contribution in [0.5, 0.6) is 0 Å². The van der Waals surface area contributed by atoms with Crippen LogP contribution in [0.2, 0.25) is 0 Å². The summed E-state index contributed by atoms with van der Waals surface area (Å²) in [5.74, 6) is -1.36. The molecule has 0 unspecified atom stereocenters. The summed E-state index contributed by atoms with van der Waals surface area (Å²) in [5.41, 5.74) is 14.4. The second-order valence-corrected chi connectivity index (χ2v) is 16.7. The number of nitriles is 1. The van der Waals surface area contributed by atoms with Gasteiger partial charge in [0.25, 0.3) is 0 Å². The van der Waals surface area contributed by atoms with Gasteiger partial charge in [0.05, 0.1) is 33.4 Å². The fourth-order valence-electron chi connectivity index (χ4n) is 9.76. The molecule has 0 bridgehead atoms. The maximum atomic E-state index is 16.2. The fraction of sp³-hybridized carbons (Fsp3) is 0. The molecule has 10 aromatic carbocycles. The standard InChI is InChI=1S/C61H37F2N3/c62-48-25-26-49(55(63)37-48)47-35-60(65-56-27-21-43(39-13-5-1-6-14-39)31-50(56)51-32-44(22-28-57(51)65)40-15-7-2-8-16-40)54(38-64)61(36-47)66-58-29-23-45(41-17-9-3-10-18-41)33-52(58)53-34-46(24-30-59(53)66)42-19-11-4-12-20-42/h1-37H. The zero-order valence-electron chi connectivity index (χ0n) is 35.5. The number of hydrogen-bond donors (Lipinski definition) is 0. The van der Waals surface area contributed by atoms with E-state index in [2.05, 4.69) is 137 Å². The predicted molar refractivity (Wildman–Crippen MR) is 267 cm³/mol. The van der Waals surface area contributed by atoms with Crippen LogP contribution in [-0.2, 0) is 0 Å². The summed E-state index contributed by atoms with van der Waals surface area (Å²) in [5, 5.41) is 15.6. The van der Waals surface area contributed by atoms with E-state index in [1.165, 1.54) is 12.1 Å². The van der Waals surface area contributed by atoms with E-state index in [1.54, 1.807) is 0 Å². The number of fused-ring (bicyclic) bond motifs is 6. The first-order valence-corrected chi connectivity index (χ1v) is 21.9. The lowest BCUT2D eigenvalue weighted by molar-refractivity contribution is 0.585. The first kappa shape index (κ1) is 38.8. The average molecular weight is 850 g/mol. The Hall–Kier alpha value is -8.85. The minimum Gasteiger partial charge on any atom is -0.308 e. The number of hydrogen-bond acceptors (Lipinski definition) is 1. The molecule has 310 valence electrons. The van der Waals surface area contributed by atoms with E-state index in [0.29, 0.717) is 22.5 Å². The van der Waals surface area contributed by atoms with E-state index in [1.807, 2.05) is 84.9 Å². The number of halogens is 2. The third kappa shape index (κ3) is 6.47. The molecule has 0 N–H and O–H groups in total. The second-order valence-electron chi connectivity index (χ2n) is 16.7. The summed E-state index contributed by atoms with van der Waals surface area (Å²) in [6.07, 6.45) is 0. The van der Waals surface area contributed by atoms with Crippen molar-refractivity contribution in [2.45, 2.75) is 0 Å². The van der Waals surface area contributed by atoms with E-state index in [-0.39, 0.29) is 5.56 Å². The third-order valence-corrected chi connectivity index (χ3v) is 12.9. The summed E-state index contributed by atoms with van der Waals surface area (Å²) in [6, 6.07) is 77.1. The first-order valence-electron chi connectivity index (χ1n) is 21.9. The molecule has 5 heteroatoms. The lowest BCUT2D eigenvalue weighted by Crippen LogP contribution is -2.05. The van der Waals surface area contributed by atoms with Gasteiger partial charge in [0.1, 0.15) is 23.3 Å². The number of aromatic nitrogens is 2. The molecule has 0 fully saturated rings. The largest absolute Gasteiger partial charge is 0.308 e. The molecule has 2 heterocycles. The Bertz CT molecular complexity index is 3470. The number of nitrogens with zero attached hydrogens (tertiary/aromatic N) is 3. The molecule has 0 spiro atoms. The van der Waals surface area contributed by atoms with Crippen molar-refractivity contribution in [1.29, 1.82) is 5.26 Å². The van der Waals surface area contributed by atoms with Crippen molar-refractivity contribution in [3.63, 3.8) is 0 Å². The Labute approximate surface area is 379 Å². The summed E-state index contributed by atoms with van der Waals surface area (Å²) in [7, 11) is 0. The van der Waals surface area contributed by atoms with Crippen LogP contribution in [0.15, 0.2) is 224 Å². The second kappa shape index (κ2) is 15.7. The minimum atomic E-state index is -0.693. The van der Waals surface area contributed by atoms with Crippen molar-refractivity contribution in [3.8, 4) is 73.1 Å². The predicted octanol–water partition coefficient (Wildman–Crippen LogP) is 16.4. The summed E-state index contributed by atoms with van der Waals surface area (Å²) >= 11 is 0. The Morgan fingerprint density at radius 1 is 0.318 bits per heavy atom. The molecule has 0 aliphatic heterocycles. The van der Waals surface area contributed by atoms with Gasteiger partial charge < -0.3 is 9.13 Å². The van der Waals surface area contributed by atoms with Crippen molar-refractivity contribution in [2.24, 2.45) is 0 Å². The highest BCUT2D eigenvalue weighted by atomic mass is 19.1. The molecule has 0 aliphatic rings. The van der Waals surface area contributed by atoms with Crippen LogP contribution in [-0.4, -0.2) is 9.13 Å². The van der Waals surface area contributed by atoms with E-state index >= 15 is 4.39 Å². The first-order chi connectivity index (χ1) is 32.5. The fourth-order valence-corrected chi connectivity index (χ4v) is 9.76. The monoisotopic (exact) mass is 849 g/mol. The molecular formula is C61H37F2N3. The van der Waals surface area contributed by atoms with Crippen LogP contribution in [0, 0.1) is 23.0 Å². The number of rotatable bonds is 7. The van der Waals surface area contributed by atoms with Gasteiger partial charge in [-0.15, -0.1) is 0 Å². The lowest BCUT2D eigenvalue weighted by atomic mass is 9.99. The van der Waals surface area contributed by atoms with Gasteiger partial charge in [0.2, 0.25) is 0 Å². The molecule has 0 atom stereocenters. The molecule has 12 rings (SSSR count). The topological polar surface area (TPSA) is 33.6 Å².